The van der Waals surface area contributed by atoms with Gasteiger partial charge in [-0.25, -0.2) is 0 Å². The van der Waals surface area contributed by atoms with Gasteiger partial charge in [-0.15, -0.1) is 0 Å². The van der Waals surface area contributed by atoms with E-state index in [4.69, 9.17) is 9.47 Å². The maximum Gasteiger partial charge on any atom is 0.259 e. The molecule has 0 aliphatic heterocycles. The van der Waals surface area contributed by atoms with Gasteiger partial charge in [-0.05, 0) is 63.4 Å². The molecular formula is C24H32N2O3. The molecule has 3 rings (SSSR count). The molecule has 1 fully saturated rings. The van der Waals surface area contributed by atoms with E-state index in [1.54, 1.807) is 26.4 Å². The van der Waals surface area contributed by atoms with E-state index in [1.807, 2.05) is 6.07 Å². The number of hydrogen-bond donors (Lipinski definition) is 1. The van der Waals surface area contributed by atoms with E-state index < -0.39 is 0 Å². The molecule has 5 nitrogen and oxygen atoms in total. The number of amides is 1. The molecule has 156 valence electrons. The van der Waals surface area contributed by atoms with Gasteiger partial charge < -0.3 is 19.7 Å². The fourth-order valence-corrected chi connectivity index (χ4v) is 4.55. The minimum atomic E-state index is -0.130. The topological polar surface area (TPSA) is 50.8 Å². The van der Waals surface area contributed by atoms with Gasteiger partial charge in [0.05, 0.1) is 14.2 Å². The van der Waals surface area contributed by atoms with E-state index in [9.17, 15) is 4.79 Å². The lowest BCUT2D eigenvalue weighted by Gasteiger charge is -2.37. The van der Waals surface area contributed by atoms with E-state index in [0.717, 1.165) is 25.7 Å². The Labute approximate surface area is 174 Å². The van der Waals surface area contributed by atoms with E-state index in [-0.39, 0.29) is 11.9 Å². The lowest BCUT2D eigenvalue weighted by Crippen LogP contribution is -2.40. The third-order valence-electron chi connectivity index (χ3n) is 5.91. The smallest absolute Gasteiger partial charge is 0.259 e. The van der Waals surface area contributed by atoms with Gasteiger partial charge in [0.2, 0.25) is 0 Å². The van der Waals surface area contributed by atoms with Crippen LogP contribution in [0.3, 0.4) is 0 Å². The zero-order chi connectivity index (χ0) is 20.8. The largest absolute Gasteiger partial charge is 0.496 e. The van der Waals surface area contributed by atoms with Crippen molar-refractivity contribution in [3.05, 3.63) is 59.7 Å². The van der Waals surface area contributed by atoms with Crippen LogP contribution in [0.1, 0.15) is 47.6 Å². The molecule has 0 aromatic heterocycles. The van der Waals surface area contributed by atoms with Crippen LogP contribution in [0.4, 0.5) is 0 Å². The zero-order valence-electron chi connectivity index (χ0n) is 17.9. The fraction of sp³-hybridized carbons (Fsp3) is 0.458. The van der Waals surface area contributed by atoms with E-state index in [1.165, 1.54) is 5.56 Å². The van der Waals surface area contributed by atoms with Gasteiger partial charge in [-0.3, -0.25) is 4.79 Å². The number of methoxy groups -OCH3 is 2. The highest BCUT2D eigenvalue weighted by Crippen LogP contribution is 2.37. The molecule has 29 heavy (non-hydrogen) atoms. The van der Waals surface area contributed by atoms with Gasteiger partial charge in [0.25, 0.3) is 5.91 Å². The van der Waals surface area contributed by atoms with Crippen molar-refractivity contribution in [1.29, 1.82) is 0 Å². The second kappa shape index (κ2) is 9.79. The van der Waals surface area contributed by atoms with Crippen molar-refractivity contribution in [3.8, 4) is 11.5 Å². The van der Waals surface area contributed by atoms with Gasteiger partial charge in [-0.1, -0.05) is 36.4 Å². The molecule has 5 heteroatoms. The Kier molecular flexibility index (Phi) is 7.15. The number of carbonyl (C=O) groups excluding carboxylic acids is 1. The minimum absolute atomic E-state index is 0.130. The second-order valence-electron chi connectivity index (χ2n) is 7.94. The molecule has 0 bridgehead atoms. The first-order valence-electron chi connectivity index (χ1n) is 10.3. The molecule has 1 saturated carbocycles. The molecular weight excluding hydrogens is 364 g/mol. The second-order valence-corrected chi connectivity index (χ2v) is 7.94. The summed E-state index contributed by atoms with van der Waals surface area (Å²) in [7, 11) is 7.45. The van der Waals surface area contributed by atoms with Crippen LogP contribution >= 0.6 is 0 Å². The summed E-state index contributed by atoms with van der Waals surface area (Å²) in [6.07, 6.45) is 4.13. The minimum Gasteiger partial charge on any atom is -0.496 e. The Morgan fingerprint density at radius 1 is 0.931 bits per heavy atom. The molecule has 1 amide bonds. The molecule has 0 radical (unpaired) electrons. The summed E-state index contributed by atoms with van der Waals surface area (Å²) >= 11 is 0. The van der Waals surface area contributed by atoms with E-state index in [0.29, 0.717) is 29.0 Å². The number of hydrogen-bond acceptors (Lipinski definition) is 4. The van der Waals surface area contributed by atoms with Gasteiger partial charge >= 0.3 is 0 Å². The Balaban J connectivity index is 1.65. The molecule has 1 unspecified atom stereocenters. The van der Waals surface area contributed by atoms with Crippen molar-refractivity contribution < 1.29 is 14.3 Å². The Morgan fingerprint density at radius 3 is 2.03 bits per heavy atom. The van der Waals surface area contributed by atoms with E-state index in [2.05, 4.69) is 54.6 Å². The molecule has 0 saturated heterocycles. The fourth-order valence-electron chi connectivity index (χ4n) is 4.55. The first-order valence-corrected chi connectivity index (χ1v) is 10.3. The quantitative estimate of drug-likeness (QED) is 0.758. The Hall–Kier alpha value is -2.53. The van der Waals surface area contributed by atoms with E-state index >= 15 is 0 Å². The maximum atomic E-state index is 12.9. The highest BCUT2D eigenvalue weighted by atomic mass is 16.5. The summed E-state index contributed by atoms with van der Waals surface area (Å²) in [5.74, 6) is 1.52. The summed E-state index contributed by atoms with van der Waals surface area (Å²) in [5.41, 5.74) is 1.83. The molecule has 0 spiro atoms. The van der Waals surface area contributed by atoms with Gasteiger partial charge in [0, 0.05) is 12.1 Å². The maximum absolute atomic E-state index is 12.9. The van der Waals surface area contributed by atoms with Crippen LogP contribution in [-0.4, -0.2) is 45.2 Å². The SMILES string of the molecule is COc1cccc(OC)c1C(=O)NC1CCC(C(c2ccccc2)N(C)C)CC1. The van der Waals surface area contributed by atoms with Crippen LogP contribution in [0.15, 0.2) is 48.5 Å². The van der Waals surface area contributed by atoms with Crippen molar-refractivity contribution in [1.82, 2.24) is 10.2 Å². The van der Waals surface area contributed by atoms with Crippen molar-refractivity contribution in [2.75, 3.05) is 28.3 Å². The Morgan fingerprint density at radius 2 is 1.52 bits per heavy atom. The molecule has 1 aliphatic rings. The lowest BCUT2D eigenvalue weighted by atomic mass is 9.78. The third kappa shape index (κ3) is 4.91. The number of ether oxygens (including phenoxy) is 2. The molecule has 2 aromatic carbocycles. The van der Waals surface area contributed by atoms with Crippen molar-refractivity contribution >= 4 is 5.91 Å². The summed E-state index contributed by atoms with van der Waals surface area (Å²) in [5, 5.41) is 3.20. The predicted molar refractivity (Wildman–Crippen MR) is 116 cm³/mol. The van der Waals surface area contributed by atoms with Crippen LogP contribution in [-0.2, 0) is 0 Å². The van der Waals surface area contributed by atoms with Gasteiger partial charge in [0.15, 0.2) is 0 Å². The number of rotatable bonds is 7. The summed E-state index contributed by atoms with van der Waals surface area (Å²) in [6.45, 7) is 0. The monoisotopic (exact) mass is 396 g/mol. The first-order chi connectivity index (χ1) is 14.0. The molecule has 0 heterocycles. The van der Waals surface area contributed by atoms with Crippen molar-refractivity contribution in [2.45, 2.75) is 37.8 Å². The van der Waals surface area contributed by atoms with Crippen LogP contribution in [0, 0.1) is 5.92 Å². The number of nitrogens with one attached hydrogen (secondary N) is 1. The van der Waals surface area contributed by atoms with Crippen LogP contribution in [0.5, 0.6) is 11.5 Å². The van der Waals surface area contributed by atoms with Crippen LogP contribution < -0.4 is 14.8 Å². The standard InChI is InChI=1S/C24H32N2O3/c1-26(2)23(17-9-6-5-7-10-17)18-13-15-19(16-14-18)25-24(27)22-20(28-3)11-8-12-21(22)29-4/h5-12,18-19,23H,13-16H2,1-4H3,(H,25,27). The zero-order valence-corrected chi connectivity index (χ0v) is 17.9. The highest BCUT2D eigenvalue weighted by molar-refractivity contribution is 5.99. The van der Waals surface area contributed by atoms with Crippen molar-refractivity contribution in [3.63, 3.8) is 0 Å². The van der Waals surface area contributed by atoms with Crippen molar-refractivity contribution in [2.24, 2.45) is 5.92 Å². The normalized spacial score (nSPS) is 20.2. The third-order valence-corrected chi connectivity index (χ3v) is 5.91. The lowest BCUT2D eigenvalue weighted by molar-refractivity contribution is 0.0900. The molecule has 2 aromatic rings. The predicted octanol–water partition coefficient (Wildman–Crippen LogP) is 4.30. The molecule has 1 atom stereocenters. The average Bonchev–Trinajstić information content (AvgIpc) is 2.75. The average molecular weight is 397 g/mol. The number of nitrogens with zero attached hydrogens (tertiary/aromatic N) is 1. The van der Waals surface area contributed by atoms with Gasteiger partial charge in [0.1, 0.15) is 17.1 Å². The summed E-state index contributed by atoms with van der Waals surface area (Å²) in [4.78, 5) is 15.3. The summed E-state index contributed by atoms with van der Waals surface area (Å²) in [6, 6.07) is 16.7. The van der Waals surface area contributed by atoms with Crippen LogP contribution in [0.25, 0.3) is 0 Å². The van der Waals surface area contributed by atoms with Crippen LogP contribution in [0.2, 0.25) is 0 Å². The molecule has 1 aliphatic carbocycles. The number of carbonyl (C=O) groups is 1. The highest BCUT2D eigenvalue weighted by Gasteiger charge is 2.31. The first kappa shape index (κ1) is 21.2. The number of benzene rings is 2. The van der Waals surface area contributed by atoms with Gasteiger partial charge in [-0.2, -0.15) is 0 Å². The summed E-state index contributed by atoms with van der Waals surface area (Å²) < 4.78 is 10.8. The Bertz CT molecular complexity index is 777. The molecule has 1 N–H and O–H groups in total.